The molecule has 1 unspecified atom stereocenters. The lowest BCUT2D eigenvalue weighted by Crippen LogP contribution is -2.48. The minimum Gasteiger partial charge on any atom is -0.465 e. The molecule has 236 valence electrons. The van der Waals surface area contributed by atoms with Crippen molar-refractivity contribution in [2.24, 2.45) is 11.8 Å². The van der Waals surface area contributed by atoms with Gasteiger partial charge < -0.3 is 19.3 Å². The van der Waals surface area contributed by atoms with Crippen LogP contribution in [0.2, 0.25) is 0 Å². The van der Waals surface area contributed by atoms with Gasteiger partial charge in [-0.2, -0.15) is 0 Å². The lowest BCUT2D eigenvalue weighted by Gasteiger charge is -2.41. The summed E-state index contributed by atoms with van der Waals surface area (Å²) in [6, 6.07) is 0.675. The van der Waals surface area contributed by atoms with Gasteiger partial charge in [0.1, 0.15) is 0 Å². The molecule has 6 heteroatoms. The Morgan fingerprint density at radius 2 is 1.37 bits per heavy atom. The summed E-state index contributed by atoms with van der Waals surface area (Å²) in [7, 11) is 0. The molecule has 2 heterocycles. The highest BCUT2D eigenvalue weighted by molar-refractivity contribution is 5.72. The van der Waals surface area contributed by atoms with Crippen LogP contribution in [0.15, 0.2) is 24.3 Å². The first-order chi connectivity index (χ1) is 20.0. The molecule has 1 atom stereocenters. The number of ether oxygens (including phenoxy) is 2. The molecule has 2 rings (SSSR count). The van der Waals surface area contributed by atoms with Crippen LogP contribution in [0, 0.1) is 11.8 Å². The number of likely N-dealkylation sites (tertiary alicyclic amines) is 2. The van der Waals surface area contributed by atoms with E-state index in [1.165, 1.54) is 70.9 Å². The standard InChI is InChI=1S/C35H62N2O4/c1-4-6-7-8-9-10-11-12-13-14-15-16-17-18-19-20-34(38)40-29-31(3)30-41-35(39)32-21-27-37(28-22-32)33-23-25-36(5-2)26-24-33/h9-10,12-13,31-33H,4-8,11,14-30H2,1-3H3/b10-9-,13-12-. The highest BCUT2D eigenvalue weighted by Gasteiger charge is 2.31. The molecule has 6 nitrogen and oxygen atoms in total. The second-order valence-electron chi connectivity index (χ2n) is 12.4. The Bertz CT molecular complexity index is 736. The molecule has 0 aliphatic carbocycles. The number of hydrogen-bond acceptors (Lipinski definition) is 6. The van der Waals surface area contributed by atoms with Crippen molar-refractivity contribution in [3.63, 3.8) is 0 Å². The van der Waals surface area contributed by atoms with Crippen LogP contribution in [0.4, 0.5) is 0 Å². The lowest BCUT2D eigenvalue weighted by molar-refractivity contribution is -0.153. The van der Waals surface area contributed by atoms with Crippen LogP contribution in [0.25, 0.3) is 0 Å². The monoisotopic (exact) mass is 574 g/mol. The van der Waals surface area contributed by atoms with Gasteiger partial charge >= 0.3 is 11.9 Å². The first kappa shape index (κ1) is 35.5. The third kappa shape index (κ3) is 16.5. The molecule has 0 aromatic carbocycles. The zero-order valence-corrected chi connectivity index (χ0v) is 26.8. The summed E-state index contributed by atoms with van der Waals surface area (Å²) in [4.78, 5) is 29.8. The Morgan fingerprint density at radius 1 is 0.756 bits per heavy atom. The maximum atomic E-state index is 12.6. The molecular weight excluding hydrogens is 512 g/mol. The molecule has 2 aliphatic heterocycles. The molecule has 2 saturated heterocycles. The van der Waals surface area contributed by atoms with Gasteiger partial charge in [0, 0.05) is 18.4 Å². The molecule has 0 bridgehead atoms. The van der Waals surface area contributed by atoms with Crippen molar-refractivity contribution >= 4 is 11.9 Å². The minimum absolute atomic E-state index is 0.00927. The molecule has 0 radical (unpaired) electrons. The molecule has 0 spiro atoms. The maximum absolute atomic E-state index is 12.6. The van der Waals surface area contributed by atoms with E-state index in [1.54, 1.807) is 0 Å². The number of carbonyl (C=O) groups excluding carboxylic acids is 2. The molecule has 0 amide bonds. The quantitative estimate of drug-likeness (QED) is 0.0795. The number of piperidine rings is 2. The van der Waals surface area contributed by atoms with Crippen molar-refractivity contribution in [2.75, 3.05) is 45.9 Å². The SMILES string of the molecule is CCCCC/C=C\C/C=C\CCCCCCCC(=O)OCC(C)COC(=O)C1CCN(C2CCN(CC)CC2)CC1. The van der Waals surface area contributed by atoms with Crippen LogP contribution in [0.3, 0.4) is 0 Å². The van der Waals surface area contributed by atoms with Gasteiger partial charge in [-0.05, 0) is 96.9 Å². The summed E-state index contributed by atoms with van der Waals surface area (Å²) in [6.45, 7) is 12.6. The Morgan fingerprint density at radius 3 is 2.02 bits per heavy atom. The Hall–Kier alpha value is -1.66. The first-order valence-electron chi connectivity index (χ1n) is 17.1. The highest BCUT2D eigenvalue weighted by Crippen LogP contribution is 2.25. The Balaban J connectivity index is 1.40. The molecule has 0 aromatic rings. The van der Waals surface area contributed by atoms with E-state index in [9.17, 15) is 9.59 Å². The molecule has 2 aliphatic rings. The summed E-state index contributed by atoms with van der Waals surface area (Å²) < 4.78 is 11.1. The fourth-order valence-electron chi connectivity index (χ4n) is 5.88. The van der Waals surface area contributed by atoms with Crippen LogP contribution in [0.1, 0.15) is 124 Å². The second-order valence-corrected chi connectivity index (χ2v) is 12.4. The highest BCUT2D eigenvalue weighted by atomic mass is 16.5. The maximum Gasteiger partial charge on any atom is 0.309 e. The number of hydrogen-bond donors (Lipinski definition) is 0. The van der Waals surface area contributed by atoms with Crippen LogP contribution in [-0.4, -0.2) is 73.7 Å². The fourth-order valence-corrected chi connectivity index (χ4v) is 5.88. The van der Waals surface area contributed by atoms with E-state index in [2.05, 4.69) is 48.0 Å². The van der Waals surface area contributed by atoms with Crippen molar-refractivity contribution in [1.82, 2.24) is 9.80 Å². The van der Waals surface area contributed by atoms with Gasteiger partial charge in [0.15, 0.2) is 0 Å². The fraction of sp³-hybridized carbons (Fsp3) is 0.829. The molecule has 0 N–H and O–H groups in total. The number of unbranched alkanes of at least 4 members (excludes halogenated alkanes) is 8. The van der Waals surface area contributed by atoms with Gasteiger partial charge in [-0.15, -0.1) is 0 Å². The minimum atomic E-state index is -0.133. The van der Waals surface area contributed by atoms with Crippen LogP contribution >= 0.6 is 0 Å². The first-order valence-corrected chi connectivity index (χ1v) is 17.1. The van der Waals surface area contributed by atoms with E-state index >= 15 is 0 Å². The van der Waals surface area contributed by atoms with Crippen LogP contribution in [0.5, 0.6) is 0 Å². The van der Waals surface area contributed by atoms with E-state index in [0.29, 0.717) is 25.7 Å². The van der Waals surface area contributed by atoms with E-state index in [4.69, 9.17) is 9.47 Å². The number of nitrogens with zero attached hydrogens (tertiary/aromatic N) is 2. The van der Waals surface area contributed by atoms with Crippen molar-refractivity contribution in [3.8, 4) is 0 Å². The molecule has 0 saturated carbocycles. The predicted octanol–water partition coefficient (Wildman–Crippen LogP) is 7.72. The van der Waals surface area contributed by atoms with E-state index in [-0.39, 0.29) is 23.8 Å². The topological polar surface area (TPSA) is 59.1 Å². The number of allylic oxidation sites excluding steroid dienone is 4. The Kier molecular flexibility index (Phi) is 19.8. The second kappa shape index (κ2) is 22.9. The summed E-state index contributed by atoms with van der Waals surface area (Å²) in [5, 5.41) is 0. The largest absolute Gasteiger partial charge is 0.465 e. The summed E-state index contributed by atoms with van der Waals surface area (Å²) in [5.41, 5.74) is 0. The number of esters is 2. The lowest BCUT2D eigenvalue weighted by atomic mass is 9.93. The summed E-state index contributed by atoms with van der Waals surface area (Å²) in [6.07, 6.45) is 26.8. The van der Waals surface area contributed by atoms with Gasteiger partial charge in [0.05, 0.1) is 19.1 Å². The van der Waals surface area contributed by atoms with Gasteiger partial charge in [-0.3, -0.25) is 9.59 Å². The molecule has 41 heavy (non-hydrogen) atoms. The van der Waals surface area contributed by atoms with Gasteiger partial charge in [-0.25, -0.2) is 0 Å². The number of carbonyl (C=O) groups is 2. The zero-order chi connectivity index (χ0) is 29.5. The van der Waals surface area contributed by atoms with Gasteiger partial charge in [0.2, 0.25) is 0 Å². The average Bonchev–Trinajstić information content (AvgIpc) is 3.00. The van der Waals surface area contributed by atoms with Gasteiger partial charge in [0.25, 0.3) is 0 Å². The summed E-state index contributed by atoms with van der Waals surface area (Å²) in [5.74, 6) is -0.175. The summed E-state index contributed by atoms with van der Waals surface area (Å²) >= 11 is 0. The third-order valence-electron chi connectivity index (χ3n) is 8.75. The zero-order valence-electron chi connectivity index (χ0n) is 26.8. The molecule has 0 aromatic heterocycles. The van der Waals surface area contributed by atoms with E-state index in [0.717, 1.165) is 58.2 Å². The van der Waals surface area contributed by atoms with Gasteiger partial charge in [-0.1, -0.05) is 77.2 Å². The number of rotatable bonds is 21. The normalized spacial score (nSPS) is 18.8. The predicted molar refractivity (Wildman–Crippen MR) is 170 cm³/mol. The molecular formula is C35H62N2O4. The van der Waals surface area contributed by atoms with Crippen molar-refractivity contribution in [2.45, 2.75) is 130 Å². The van der Waals surface area contributed by atoms with Crippen molar-refractivity contribution in [1.29, 1.82) is 0 Å². The average molecular weight is 575 g/mol. The van der Waals surface area contributed by atoms with E-state index < -0.39 is 0 Å². The van der Waals surface area contributed by atoms with Crippen molar-refractivity contribution < 1.29 is 19.1 Å². The smallest absolute Gasteiger partial charge is 0.309 e. The molecule has 2 fully saturated rings. The van der Waals surface area contributed by atoms with E-state index in [1.807, 2.05) is 6.92 Å². The van der Waals surface area contributed by atoms with Crippen molar-refractivity contribution in [3.05, 3.63) is 24.3 Å². The third-order valence-corrected chi connectivity index (χ3v) is 8.75. The van der Waals surface area contributed by atoms with Crippen LogP contribution in [-0.2, 0) is 19.1 Å². The van der Waals surface area contributed by atoms with Crippen LogP contribution < -0.4 is 0 Å². The Labute approximate surface area is 252 Å².